The number of carbonyl (C=O) groups excluding carboxylic acids is 1. The van der Waals surface area contributed by atoms with Gasteiger partial charge in [0.25, 0.3) is 0 Å². The molecule has 5 nitrogen and oxygen atoms in total. The molecule has 227 valence electrons. The number of ketones is 1. The van der Waals surface area contributed by atoms with E-state index in [2.05, 4.69) is 23.0 Å². The van der Waals surface area contributed by atoms with Crippen LogP contribution >= 0.6 is 11.3 Å². The number of benzene rings is 4. The Labute approximate surface area is 275 Å². The molecule has 0 aliphatic heterocycles. The number of hydrogen-bond donors (Lipinski definition) is 1. The third-order valence-electron chi connectivity index (χ3n) is 8.07. The van der Waals surface area contributed by atoms with Crippen molar-refractivity contribution in [3.8, 4) is 10.6 Å². The number of hydrogen-bond acceptors (Lipinski definition) is 5. The summed E-state index contributed by atoms with van der Waals surface area (Å²) in [5, 5.41) is 14.7. The van der Waals surface area contributed by atoms with Crippen molar-refractivity contribution in [3.63, 3.8) is 0 Å². The molecule has 0 aliphatic carbocycles. The third kappa shape index (κ3) is 6.64. The molecule has 1 N–H and O–H groups in total. The molecule has 0 saturated heterocycles. The van der Waals surface area contributed by atoms with E-state index in [0.29, 0.717) is 5.69 Å². The number of aromatic nitrogens is 1. The Morgan fingerprint density at radius 1 is 0.977 bits per heavy atom. The van der Waals surface area contributed by atoms with Gasteiger partial charge < -0.3 is 9.52 Å². The molecular weight excluding hydrogens is 745 g/mol. The molecule has 0 saturated carbocycles. The van der Waals surface area contributed by atoms with Gasteiger partial charge in [0.05, 0.1) is 28.4 Å². The number of nitrogens with zero attached hydrogens (tertiary/aromatic N) is 2. The molecule has 2 aromatic heterocycles. The van der Waals surface area contributed by atoms with Crippen LogP contribution in [-0.2, 0) is 24.9 Å². The molecule has 0 atom stereocenters. The smallest absolute Gasteiger partial charge is 0.190 e. The van der Waals surface area contributed by atoms with Crippen LogP contribution in [0.4, 0.5) is 5.69 Å². The molecule has 6 aromatic rings. The number of aliphatic hydroxyl groups is 1. The Morgan fingerprint density at radius 3 is 2.34 bits per heavy atom. The van der Waals surface area contributed by atoms with E-state index in [1.165, 1.54) is 6.08 Å². The maximum Gasteiger partial charge on any atom is 0.190 e. The zero-order chi connectivity index (χ0) is 30.5. The first-order chi connectivity index (χ1) is 20.9. The van der Waals surface area contributed by atoms with Gasteiger partial charge in [0.2, 0.25) is 0 Å². The van der Waals surface area contributed by atoms with Crippen LogP contribution in [0.15, 0.2) is 83.0 Å². The van der Waals surface area contributed by atoms with Crippen LogP contribution in [0.25, 0.3) is 58.3 Å². The van der Waals surface area contributed by atoms with Gasteiger partial charge in [-0.25, -0.2) is 4.85 Å². The summed E-state index contributed by atoms with van der Waals surface area (Å²) in [6.45, 7) is 15.4. The van der Waals surface area contributed by atoms with Crippen molar-refractivity contribution in [2.75, 3.05) is 0 Å². The van der Waals surface area contributed by atoms with Crippen molar-refractivity contribution >= 4 is 65.7 Å². The summed E-state index contributed by atoms with van der Waals surface area (Å²) in [5.74, 6) is 0.547. The number of carbonyl (C=O) groups is 1. The van der Waals surface area contributed by atoms with E-state index in [0.717, 1.165) is 79.2 Å². The molecule has 6 rings (SSSR count). The van der Waals surface area contributed by atoms with Crippen LogP contribution in [0.5, 0.6) is 0 Å². The first-order valence-corrected chi connectivity index (χ1v) is 15.7. The van der Waals surface area contributed by atoms with Crippen molar-refractivity contribution in [1.82, 2.24) is 4.98 Å². The van der Waals surface area contributed by atoms with E-state index < -0.39 is 0 Å². The zero-order valence-corrected chi connectivity index (χ0v) is 28.5. The number of thiazole rings is 1. The van der Waals surface area contributed by atoms with Crippen molar-refractivity contribution < 1.29 is 34.4 Å². The SMILES string of the molecule is CCC(CC)C(=O)/C=C(\O)C(CC)CC.[C-]#[N+]c1ccc2c(c1)oc1c3ccccc3[c-]c(-c3nc4ccccc4s3)c21.[Ir]. The number of furan rings is 1. The van der Waals surface area contributed by atoms with Crippen LogP contribution < -0.4 is 0 Å². The average molecular weight is 780 g/mol. The largest absolute Gasteiger partial charge is 0.512 e. The van der Waals surface area contributed by atoms with E-state index in [-0.39, 0.29) is 43.5 Å². The number of aliphatic hydroxyl groups excluding tert-OH is 1. The Kier molecular flexibility index (Phi) is 11.1. The second-order valence-corrected chi connectivity index (χ2v) is 11.7. The molecule has 0 spiro atoms. The zero-order valence-electron chi connectivity index (χ0n) is 25.3. The van der Waals surface area contributed by atoms with Crippen molar-refractivity contribution in [2.24, 2.45) is 11.8 Å². The normalized spacial score (nSPS) is 11.6. The minimum atomic E-state index is 0. The summed E-state index contributed by atoms with van der Waals surface area (Å²) in [6.07, 6.45) is 4.91. The van der Waals surface area contributed by atoms with E-state index in [4.69, 9.17) is 16.0 Å². The van der Waals surface area contributed by atoms with Crippen LogP contribution in [0.3, 0.4) is 0 Å². The number of rotatable bonds is 8. The third-order valence-corrected chi connectivity index (χ3v) is 9.13. The van der Waals surface area contributed by atoms with Gasteiger partial charge in [-0.3, -0.25) is 9.78 Å². The fourth-order valence-corrected chi connectivity index (χ4v) is 6.47. The Balaban J connectivity index is 0.000000239. The van der Waals surface area contributed by atoms with Gasteiger partial charge in [-0.1, -0.05) is 75.7 Å². The van der Waals surface area contributed by atoms with E-state index in [9.17, 15) is 9.90 Å². The van der Waals surface area contributed by atoms with Gasteiger partial charge in [-0.2, -0.15) is 11.3 Å². The maximum absolute atomic E-state index is 11.7. The summed E-state index contributed by atoms with van der Waals surface area (Å²) in [7, 11) is 0. The molecule has 0 amide bonds. The number of fused-ring (bicyclic) bond motifs is 6. The summed E-state index contributed by atoms with van der Waals surface area (Å²) >= 11 is 1.66. The van der Waals surface area contributed by atoms with Crippen molar-refractivity contribution in [3.05, 3.63) is 96.0 Å². The van der Waals surface area contributed by atoms with Crippen LogP contribution in [-0.4, -0.2) is 15.9 Å². The minimum absolute atomic E-state index is 0. The van der Waals surface area contributed by atoms with Crippen LogP contribution in [0.1, 0.15) is 53.4 Å². The van der Waals surface area contributed by atoms with E-state index in [1.54, 1.807) is 17.4 Å². The molecule has 44 heavy (non-hydrogen) atoms. The second kappa shape index (κ2) is 14.8. The predicted octanol–water partition coefficient (Wildman–Crippen LogP) is 11.2. The van der Waals surface area contributed by atoms with E-state index >= 15 is 0 Å². The number of para-hydroxylation sites is 1. The fourth-order valence-electron chi connectivity index (χ4n) is 5.50. The fraction of sp³-hybridized carbons (Fsp3) is 0.270. The Morgan fingerprint density at radius 2 is 1.66 bits per heavy atom. The maximum atomic E-state index is 11.7. The second-order valence-electron chi connectivity index (χ2n) is 10.6. The molecule has 2 heterocycles. The van der Waals surface area contributed by atoms with Gasteiger partial charge in [-0.15, -0.1) is 17.5 Å². The summed E-state index contributed by atoms with van der Waals surface area (Å²) < 4.78 is 7.41. The molecule has 0 bridgehead atoms. The summed E-state index contributed by atoms with van der Waals surface area (Å²) in [5.41, 5.74) is 4.04. The molecule has 0 fully saturated rings. The standard InChI is InChI=1S/C24H11N2OS.C13H24O2.Ir/c1-25-15-10-11-17-20(13-15)27-23-16-7-3-2-6-14(16)12-18(22(17)23)24-26-19-8-4-5-9-21(19)28-24;1-5-10(6-2)12(14)9-13(15)11(7-3)8-4;/h2-11,13H;9-11,14H,5-8H2,1-4H3;/q-1;;/b;12-9-;. The van der Waals surface area contributed by atoms with Gasteiger partial charge in [0, 0.05) is 42.7 Å². The van der Waals surface area contributed by atoms with Gasteiger partial charge in [0.1, 0.15) is 5.58 Å². The predicted molar refractivity (Wildman–Crippen MR) is 179 cm³/mol. The Hall–Kier alpha value is -3.82. The van der Waals surface area contributed by atoms with Crippen LogP contribution in [0, 0.1) is 24.5 Å². The van der Waals surface area contributed by atoms with E-state index in [1.807, 2.05) is 76.2 Å². The average Bonchev–Trinajstić information content (AvgIpc) is 3.64. The Bertz CT molecular complexity index is 1960. The summed E-state index contributed by atoms with van der Waals surface area (Å²) in [4.78, 5) is 20.1. The van der Waals surface area contributed by atoms with Gasteiger partial charge >= 0.3 is 0 Å². The summed E-state index contributed by atoms with van der Waals surface area (Å²) in [6, 6.07) is 25.4. The van der Waals surface area contributed by atoms with Gasteiger partial charge in [-0.05, 0) is 60.0 Å². The molecule has 7 heteroatoms. The molecular formula is C37H35IrN2O3S-. The van der Waals surface area contributed by atoms with Crippen molar-refractivity contribution in [2.45, 2.75) is 53.4 Å². The molecule has 4 aromatic carbocycles. The molecule has 0 unspecified atom stereocenters. The quantitative estimate of drug-likeness (QED) is 0.0949. The first kappa shape index (κ1) is 33.1. The van der Waals surface area contributed by atoms with Crippen LogP contribution in [0.2, 0.25) is 0 Å². The topological polar surface area (TPSA) is 67.7 Å². The monoisotopic (exact) mass is 780 g/mol. The van der Waals surface area contributed by atoms with Gasteiger partial charge in [0.15, 0.2) is 11.5 Å². The molecule has 0 aliphatic rings. The van der Waals surface area contributed by atoms with Crippen molar-refractivity contribution in [1.29, 1.82) is 0 Å². The first-order valence-electron chi connectivity index (χ1n) is 14.9. The number of allylic oxidation sites excluding steroid dienone is 2. The molecule has 1 radical (unpaired) electrons. The minimum Gasteiger partial charge on any atom is -0.512 e.